The Hall–Kier alpha value is -3.61. The van der Waals surface area contributed by atoms with Gasteiger partial charge in [-0.15, -0.1) is 5.10 Å². The lowest BCUT2D eigenvalue weighted by atomic mass is 9.86. The molecule has 1 heterocycles. The molecule has 200 valence electrons. The van der Waals surface area contributed by atoms with Gasteiger partial charge in [0.1, 0.15) is 16.7 Å². The SMILES string of the molecule is COc1cc(Cl)ccc1S(=O)(=O)NC(c1n[nH]c(=O)o1)C(C)c1cccc(-c2cc(F)c(F)c(F)c2)c1C. The molecule has 0 aliphatic heterocycles. The Morgan fingerprint density at radius 3 is 2.39 bits per heavy atom. The highest BCUT2D eigenvalue weighted by Gasteiger charge is 2.33. The van der Waals surface area contributed by atoms with Gasteiger partial charge in [0.05, 0.1) is 7.11 Å². The molecule has 2 atom stereocenters. The standard InChI is InChI=1S/C25H21ClF3N3O5S/c1-12-16(5-4-6-17(12)14-9-18(27)22(29)19(28)10-14)13(2)23(24-30-31-25(33)37-24)32-38(34,35)21-8-7-15(26)11-20(21)36-3/h4-11,13,23,32H,1-3H3,(H,31,33). The van der Waals surface area contributed by atoms with Crippen molar-refractivity contribution in [1.29, 1.82) is 0 Å². The van der Waals surface area contributed by atoms with Gasteiger partial charge in [-0.2, -0.15) is 4.72 Å². The van der Waals surface area contributed by atoms with E-state index in [1.165, 1.54) is 25.3 Å². The van der Waals surface area contributed by atoms with E-state index in [0.29, 0.717) is 16.7 Å². The first-order chi connectivity index (χ1) is 17.9. The van der Waals surface area contributed by atoms with Gasteiger partial charge in [-0.25, -0.2) is 31.5 Å². The van der Waals surface area contributed by atoms with Gasteiger partial charge < -0.3 is 9.15 Å². The number of nitrogens with zero attached hydrogens (tertiary/aromatic N) is 1. The van der Waals surface area contributed by atoms with E-state index in [9.17, 15) is 26.4 Å². The van der Waals surface area contributed by atoms with Crippen LogP contribution in [-0.2, 0) is 10.0 Å². The smallest absolute Gasteiger partial charge is 0.434 e. The molecule has 4 aromatic rings. The number of hydrogen-bond donors (Lipinski definition) is 2. The minimum Gasteiger partial charge on any atom is -0.495 e. The van der Waals surface area contributed by atoms with Gasteiger partial charge >= 0.3 is 5.76 Å². The molecule has 0 bridgehead atoms. The van der Waals surface area contributed by atoms with Gasteiger partial charge in [0.25, 0.3) is 0 Å². The van der Waals surface area contributed by atoms with E-state index in [0.717, 1.165) is 12.1 Å². The average Bonchev–Trinajstić information content (AvgIpc) is 3.31. The number of benzene rings is 3. The van der Waals surface area contributed by atoms with Crippen molar-refractivity contribution in [3.8, 4) is 16.9 Å². The molecule has 1 aromatic heterocycles. The van der Waals surface area contributed by atoms with E-state index < -0.39 is 45.2 Å². The largest absolute Gasteiger partial charge is 0.495 e. The first-order valence-corrected chi connectivity index (χ1v) is 12.9. The Bertz CT molecular complexity index is 1650. The summed E-state index contributed by atoms with van der Waals surface area (Å²) >= 11 is 5.96. The summed E-state index contributed by atoms with van der Waals surface area (Å²) in [6, 6.07) is 9.35. The van der Waals surface area contributed by atoms with Crippen molar-refractivity contribution in [3.63, 3.8) is 0 Å². The minimum absolute atomic E-state index is 0.0153. The van der Waals surface area contributed by atoms with Gasteiger partial charge in [0.15, 0.2) is 17.5 Å². The third kappa shape index (κ3) is 5.33. The quantitative estimate of drug-likeness (QED) is 0.281. The Kier molecular flexibility index (Phi) is 7.68. The van der Waals surface area contributed by atoms with Crippen LogP contribution in [-0.4, -0.2) is 25.7 Å². The number of ether oxygens (including phenoxy) is 1. The summed E-state index contributed by atoms with van der Waals surface area (Å²) in [5.74, 6) is -6.18. The Labute approximate surface area is 220 Å². The van der Waals surface area contributed by atoms with Crippen molar-refractivity contribution in [2.75, 3.05) is 7.11 Å². The van der Waals surface area contributed by atoms with Crippen molar-refractivity contribution >= 4 is 21.6 Å². The number of methoxy groups -OCH3 is 1. The van der Waals surface area contributed by atoms with Gasteiger partial charge in [-0.1, -0.05) is 36.7 Å². The van der Waals surface area contributed by atoms with Gasteiger partial charge in [0.2, 0.25) is 15.9 Å². The molecule has 0 spiro atoms. The Morgan fingerprint density at radius 2 is 1.79 bits per heavy atom. The maximum atomic E-state index is 13.9. The lowest BCUT2D eigenvalue weighted by Gasteiger charge is -2.25. The Balaban J connectivity index is 1.80. The third-order valence-corrected chi connectivity index (χ3v) is 7.79. The zero-order valence-corrected chi connectivity index (χ0v) is 21.8. The van der Waals surface area contributed by atoms with Crippen molar-refractivity contribution in [1.82, 2.24) is 14.9 Å². The lowest BCUT2D eigenvalue weighted by Crippen LogP contribution is -2.32. The van der Waals surface area contributed by atoms with Crippen molar-refractivity contribution in [3.05, 3.63) is 98.6 Å². The summed E-state index contributed by atoms with van der Waals surface area (Å²) in [7, 11) is -3.01. The summed E-state index contributed by atoms with van der Waals surface area (Å²) in [5.41, 5.74) is 1.53. The second kappa shape index (κ2) is 10.6. The molecule has 0 saturated heterocycles. The summed E-state index contributed by atoms with van der Waals surface area (Å²) in [6.07, 6.45) is 0. The van der Waals surface area contributed by atoms with E-state index in [1.54, 1.807) is 32.0 Å². The predicted molar refractivity (Wildman–Crippen MR) is 133 cm³/mol. The molecule has 8 nitrogen and oxygen atoms in total. The molecule has 0 saturated carbocycles. The van der Waals surface area contributed by atoms with E-state index in [4.69, 9.17) is 20.8 Å². The van der Waals surface area contributed by atoms with Crippen LogP contribution in [0.3, 0.4) is 0 Å². The van der Waals surface area contributed by atoms with Crippen LogP contribution in [0.2, 0.25) is 5.02 Å². The number of sulfonamides is 1. The van der Waals surface area contributed by atoms with Crippen LogP contribution >= 0.6 is 11.6 Å². The molecule has 13 heteroatoms. The number of halogens is 4. The van der Waals surface area contributed by atoms with Gasteiger partial charge in [-0.3, -0.25) is 0 Å². The van der Waals surface area contributed by atoms with Crippen LogP contribution in [0.5, 0.6) is 5.75 Å². The topological polar surface area (TPSA) is 114 Å². The van der Waals surface area contributed by atoms with Crippen LogP contribution in [0.4, 0.5) is 13.2 Å². The number of hydrogen-bond acceptors (Lipinski definition) is 6. The van der Waals surface area contributed by atoms with E-state index in [-0.39, 0.29) is 27.1 Å². The number of rotatable bonds is 8. The zero-order valence-electron chi connectivity index (χ0n) is 20.2. The maximum absolute atomic E-state index is 13.9. The summed E-state index contributed by atoms with van der Waals surface area (Å²) in [6.45, 7) is 3.31. The Morgan fingerprint density at radius 1 is 1.11 bits per heavy atom. The second-order valence-electron chi connectivity index (χ2n) is 8.41. The van der Waals surface area contributed by atoms with Crippen molar-refractivity contribution < 1.29 is 30.7 Å². The average molecular weight is 568 g/mol. The summed E-state index contributed by atoms with van der Waals surface area (Å²) < 4.78 is 81.0. The molecule has 0 aliphatic carbocycles. The fraction of sp³-hybridized carbons (Fsp3) is 0.200. The monoisotopic (exact) mass is 567 g/mol. The second-order valence-corrected chi connectivity index (χ2v) is 10.5. The molecule has 0 fully saturated rings. The molecular weight excluding hydrogens is 547 g/mol. The molecule has 2 N–H and O–H groups in total. The van der Waals surface area contributed by atoms with Gasteiger partial charge in [-0.05, 0) is 53.4 Å². The predicted octanol–water partition coefficient (Wildman–Crippen LogP) is 5.24. The molecule has 3 aromatic carbocycles. The van der Waals surface area contributed by atoms with E-state index in [2.05, 4.69) is 14.9 Å². The van der Waals surface area contributed by atoms with Crippen LogP contribution in [0.1, 0.15) is 35.9 Å². The van der Waals surface area contributed by atoms with E-state index in [1.807, 2.05) is 0 Å². The number of nitrogens with one attached hydrogen (secondary N) is 2. The summed E-state index contributed by atoms with van der Waals surface area (Å²) in [5, 5.41) is 6.18. The van der Waals surface area contributed by atoms with Crippen LogP contribution in [0.25, 0.3) is 11.1 Å². The van der Waals surface area contributed by atoms with Crippen molar-refractivity contribution in [2.24, 2.45) is 0 Å². The molecule has 38 heavy (non-hydrogen) atoms. The highest BCUT2D eigenvalue weighted by atomic mass is 35.5. The van der Waals surface area contributed by atoms with Crippen LogP contribution < -0.4 is 15.2 Å². The summed E-state index contributed by atoms with van der Waals surface area (Å²) in [4.78, 5) is 11.5. The molecular formula is C25H21ClF3N3O5S. The number of aromatic amines is 1. The highest BCUT2D eigenvalue weighted by Crippen LogP contribution is 2.37. The maximum Gasteiger partial charge on any atom is 0.434 e. The normalized spacial score (nSPS) is 13.3. The first-order valence-electron chi connectivity index (χ1n) is 11.1. The molecule has 0 aliphatic rings. The first kappa shape index (κ1) is 27.4. The van der Waals surface area contributed by atoms with E-state index >= 15 is 0 Å². The number of aromatic nitrogens is 2. The van der Waals surface area contributed by atoms with Crippen LogP contribution in [0, 0.1) is 24.4 Å². The third-order valence-electron chi connectivity index (χ3n) is 6.08. The molecule has 2 unspecified atom stereocenters. The number of H-pyrrole nitrogens is 1. The fourth-order valence-corrected chi connectivity index (χ4v) is 5.77. The fourth-order valence-electron chi connectivity index (χ4n) is 4.18. The molecule has 4 rings (SSSR count). The van der Waals surface area contributed by atoms with Crippen molar-refractivity contribution in [2.45, 2.75) is 30.7 Å². The minimum atomic E-state index is -4.29. The van der Waals surface area contributed by atoms with Crippen LogP contribution in [0.15, 0.2) is 62.6 Å². The zero-order chi connectivity index (χ0) is 27.8. The molecule has 0 amide bonds. The molecule has 0 radical (unpaired) electrons. The highest BCUT2D eigenvalue weighted by molar-refractivity contribution is 7.89. The van der Waals surface area contributed by atoms with Gasteiger partial charge in [0, 0.05) is 17.0 Å². The lowest BCUT2D eigenvalue weighted by molar-refractivity contribution is 0.378.